The third kappa shape index (κ3) is 4.19. The standard InChI is InChI=1S/C15H21N3O2.ClH/c1-11(10-16)15(20)18-8-7-17-14(19)9-13(18)12-5-3-2-4-6-12;/h2-6,11,13H,7-10,16H2,1H3,(H,17,19);1H. The van der Waals surface area contributed by atoms with Crippen LogP contribution < -0.4 is 11.1 Å². The number of nitrogens with two attached hydrogens (primary N) is 1. The monoisotopic (exact) mass is 311 g/mol. The van der Waals surface area contributed by atoms with Crippen molar-refractivity contribution in [2.45, 2.75) is 19.4 Å². The highest BCUT2D eigenvalue weighted by atomic mass is 35.5. The van der Waals surface area contributed by atoms with E-state index in [0.29, 0.717) is 26.1 Å². The predicted molar refractivity (Wildman–Crippen MR) is 84.0 cm³/mol. The van der Waals surface area contributed by atoms with Crippen molar-refractivity contribution in [2.24, 2.45) is 11.7 Å². The first-order chi connectivity index (χ1) is 9.63. The summed E-state index contributed by atoms with van der Waals surface area (Å²) in [4.78, 5) is 26.1. The Hall–Kier alpha value is -1.59. The molecular weight excluding hydrogens is 290 g/mol. The zero-order chi connectivity index (χ0) is 14.5. The molecule has 5 nitrogen and oxygen atoms in total. The minimum atomic E-state index is -0.227. The number of hydrogen-bond donors (Lipinski definition) is 2. The maximum Gasteiger partial charge on any atom is 0.227 e. The normalized spacial score (nSPS) is 20.0. The number of nitrogens with zero attached hydrogens (tertiary/aromatic N) is 1. The van der Waals surface area contributed by atoms with E-state index in [1.165, 1.54) is 0 Å². The maximum atomic E-state index is 12.5. The van der Waals surface area contributed by atoms with Crippen LogP contribution in [0.1, 0.15) is 24.9 Å². The molecule has 21 heavy (non-hydrogen) atoms. The highest BCUT2D eigenvalue weighted by molar-refractivity contribution is 5.85. The average Bonchev–Trinajstić information content (AvgIpc) is 2.68. The minimum Gasteiger partial charge on any atom is -0.354 e. The number of hydrogen-bond acceptors (Lipinski definition) is 3. The summed E-state index contributed by atoms with van der Waals surface area (Å²) in [6, 6.07) is 9.47. The van der Waals surface area contributed by atoms with Crippen LogP contribution in [0.2, 0.25) is 0 Å². The Morgan fingerprint density at radius 3 is 2.71 bits per heavy atom. The maximum absolute atomic E-state index is 12.5. The largest absolute Gasteiger partial charge is 0.354 e. The summed E-state index contributed by atoms with van der Waals surface area (Å²) in [5.41, 5.74) is 6.59. The van der Waals surface area contributed by atoms with Crippen LogP contribution in [0, 0.1) is 5.92 Å². The molecule has 1 saturated heterocycles. The average molecular weight is 312 g/mol. The fourth-order valence-electron chi connectivity index (χ4n) is 2.45. The van der Waals surface area contributed by atoms with E-state index in [9.17, 15) is 9.59 Å². The molecule has 2 unspecified atom stereocenters. The van der Waals surface area contributed by atoms with Gasteiger partial charge in [-0.2, -0.15) is 0 Å². The summed E-state index contributed by atoms with van der Waals surface area (Å²) in [5.74, 6) is -0.234. The SMILES string of the molecule is CC(CN)C(=O)N1CCNC(=O)CC1c1ccccc1.Cl. The summed E-state index contributed by atoms with van der Waals surface area (Å²) in [5, 5.41) is 2.82. The molecule has 1 aliphatic rings. The molecule has 1 aromatic carbocycles. The van der Waals surface area contributed by atoms with Crippen molar-refractivity contribution >= 4 is 24.2 Å². The fourth-order valence-corrected chi connectivity index (χ4v) is 2.45. The molecule has 0 aromatic heterocycles. The minimum absolute atomic E-state index is 0. The molecule has 1 heterocycles. The Bertz CT molecular complexity index is 481. The van der Waals surface area contributed by atoms with Crippen molar-refractivity contribution in [3.8, 4) is 0 Å². The Morgan fingerprint density at radius 1 is 1.43 bits per heavy atom. The van der Waals surface area contributed by atoms with Gasteiger partial charge in [0.15, 0.2) is 0 Å². The van der Waals surface area contributed by atoms with Gasteiger partial charge < -0.3 is 16.0 Å². The molecule has 0 saturated carbocycles. The van der Waals surface area contributed by atoms with Gasteiger partial charge in [-0.3, -0.25) is 9.59 Å². The van der Waals surface area contributed by atoms with Crippen LogP contribution in [0.15, 0.2) is 30.3 Å². The van der Waals surface area contributed by atoms with Gasteiger partial charge in [-0.1, -0.05) is 37.3 Å². The van der Waals surface area contributed by atoms with Crippen LogP contribution in [0.3, 0.4) is 0 Å². The topological polar surface area (TPSA) is 75.4 Å². The summed E-state index contributed by atoms with van der Waals surface area (Å²) in [6.45, 7) is 3.16. The fraction of sp³-hybridized carbons (Fsp3) is 0.467. The van der Waals surface area contributed by atoms with E-state index in [-0.39, 0.29) is 36.2 Å². The third-order valence-electron chi connectivity index (χ3n) is 3.67. The molecule has 0 aliphatic carbocycles. The molecule has 116 valence electrons. The van der Waals surface area contributed by atoms with E-state index >= 15 is 0 Å². The van der Waals surface area contributed by atoms with Crippen LogP contribution in [0.4, 0.5) is 0 Å². The Labute approximate surface area is 131 Å². The van der Waals surface area contributed by atoms with Crippen LogP contribution in [-0.4, -0.2) is 36.3 Å². The third-order valence-corrected chi connectivity index (χ3v) is 3.67. The molecule has 3 N–H and O–H groups in total. The molecule has 2 atom stereocenters. The number of amides is 2. The molecule has 0 radical (unpaired) electrons. The molecule has 1 aromatic rings. The van der Waals surface area contributed by atoms with Gasteiger partial charge in [-0.05, 0) is 5.56 Å². The molecule has 2 amide bonds. The molecule has 1 fully saturated rings. The Morgan fingerprint density at radius 2 is 2.10 bits per heavy atom. The van der Waals surface area contributed by atoms with Gasteiger partial charge in [-0.25, -0.2) is 0 Å². The van der Waals surface area contributed by atoms with Crippen LogP contribution in [0.5, 0.6) is 0 Å². The quantitative estimate of drug-likeness (QED) is 0.877. The second-order valence-electron chi connectivity index (χ2n) is 5.15. The number of carbonyl (C=O) groups excluding carboxylic acids is 2. The van der Waals surface area contributed by atoms with Crippen molar-refractivity contribution < 1.29 is 9.59 Å². The highest BCUT2D eigenvalue weighted by Crippen LogP contribution is 2.26. The van der Waals surface area contributed by atoms with E-state index < -0.39 is 0 Å². The van der Waals surface area contributed by atoms with Gasteiger partial charge in [-0.15, -0.1) is 12.4 Å². The Balaban J connectivity index is 0.00000220. The summed E-state index contributed by atoms with van der Waals surface area (Å²) in [6.07, 6.45) is 0.299. The first kappa shape index (κ1) is 17.5. The molecule has 0 bridgehead atoms. The molecule has 6 heteroatoms. The molecule has 1 aliphatic heterocycles. The number of carbonyl (C=O) groups is 2. The predicted octanol–water partition coefficient (Wildman–Crippen LogP) is 1.09. The van der Waals surface area contributed by atoms with E-state index in [0.717, 1.165) is 5.56 Å². The van der Waals surface area contributed by atoms with Crippen LogP contribution >= 0.6 is 12.4 Å². The van der Waals surface area contributed by atoms with Gasteiger partial charge in [0, 0.05) is 25.6 Å². The van der Waals surface area contributed by atoms with E-state index in [1.807, 2.05) is 37.3 Å². The van der Waals surface area contributed by atoms with Crippen molar-refractivity contribution in [1.82, 2.24) is 10.2 Å². The summed E-state index contributed by atoms with van der Waals surface area (Å²) >= 11 is 0. The zero-order valence-corrected chi connectivity index (χ0v) is 12.9. The van der Waals surface area contributed by atoms with Crippen molar-refractivity contribution in [3.63, 3.8) is 0 Å². The van der Waals surface area contributed by atoms with Crippen LogP contribution in [0.25, 0.3) is 0 Å². The van der Waals surface area contributed by atoms with E-state index in [4.69, 9.17) is 5.73 Å². The lowest BCUT2D eigenvalue weighted by Crippen LogP contribution is -2.41. The first-order valence-electron chi connectivity index (χ1n) is 6.95. The van der Waals surface area contributed by atoms with Gasteiger partial charge in [0.1, 0.15) is 0 Å². The smallest absolute Gasteiger partial charge is 0.227 e. The van der Waals surface area contributed by atoms with Gasteiger partial charge in [0.05, 0.1) is 12.5 Å². The summed E-state index contributed by atoms with van der Waals surface area (Å²) < 4.78 is 0. The van der Waals surface area contributed by atoms with Crippen molar-refractivity contribution in [3.05, 3.63) is 35.9 Å². The lowest BCUT2D eigenvalue weighted by molar-refractivity contribution is -0.137. The number of benzene rings is 1. The lowest BCUT2D eigenvalue weighted by atomic mass is 10.00. The molecule has 2 rings (SSSR count). The van der Waals surface area contributed by atoms with Crippen LogP contribution in [-0.2, 0) is 9.59 Å². The Kier molecular flexibility index (Phi) is 6.65. The summed E-state index contributed by atoms with van der Waals surface area (Å²) in [7, 11) is 0. The van der Waals surface area contributed by atoms with Crippen molar-refractivity contribution in [1.29, 1.82) is 0 Å². The number of nitrogens with one attached hydrogen (secondary N) is 1. The second-order valence-corrected chi connectivity index (χ2v) is 5.15. The van der Waals surface area contributed by atoms with Gasteiger partial charge in [0.2, 0.25) is 11.8 Å². The number of rotatable bonds is 3. The van der Waals surface area contributed by atoms with E-state index in [2.05, 4.69) is 5.32 Å². The highest BCUT2D eigenvalue weighted by Gasteiger charge is 2.31. The zero-order valence-electron chi connectivity index (χ0n) is 12.1. The lowest BCUT2D eigenvalue weighted by Gasteiger charge is -2.31. The molecule has 0 spiro atoms. The molecular formula is C15H22ClN3O2. The van der Waals surface area contributed by atoms with E-state index in [1.54, 1.807) is 4.90 Å². The second kappa shape index (κ2) is 8.00. The first-order valence-corrected chi connectivity index (χ1v) is 6.95. The van der Waals surface area contributed by atoms with Gasteiger partial charge >= 0.3 is 0 Å². The van der Waals surface area contributed by atoms with Crippen molar-refractivity contribution in [2.75, 3.05) is 19.6 Å². The van der Waals surface area contributed by atoms with Gasteiger partial charge in [0.25, 0.3) is 0 Å². The number of halogens is 1.